The SMILES string of the molecule is CCNc1nc2c(c(-c3ccc(Cl)cc3)n1)CNCC2. The van der Waals surface area contributed by atoms with Crippen LogP contribution in [0.15, 0.2) is 24.3 Å². The van der Waals surface area contributed by atoms with Crippen LogP contribution in [0.3, 0.4) is 0 Å². The van der Waals surface area contributed by atoms with Crippen LogP contribution in [0.5, 0.6) is 0 Å². The predicted octanol–water partition coefficient (Wildman–Crippen LogP) is 2.87. The van der Waals surface area contributed by atoms with Crippen LogP contribution < -0.4 is 10.6 Å². The zero-order valence-electron chi connectivity index (χ0n) is 11.4. The highest BCUT2D eigenvalue weighted by molar-refractivity contribution is 6.30. The molecule has 1 aromatic heterocycles. The number of hydrogen-bond donors (Lipinski definition) is 2. The molecular weight excluding hydrogens is 272 g/mol. The van der Waals surface area contributed by atoms with E-state index < -0.39 is 0 Å². The summed E-state index contributed by atoms with van der Waals surface area (Å²) < 4.78 is 0. The van der Waals surface area contributed by atoms with Gasteiger partial charge in [-0.05, 0) is 19.1 Å². The van der Waals surface area contributed by atoms with Gasteiger partial charge in [0.2, 0.25) is 5.95 Å². The maximum absolute atomic E-state index is 5.97. The fraction of sp³-hybridized carbons (Fsp3) is 0.333. The largest absolute Gasteiger partial charge is 0.354 e. The lowest BCUT2D eigenvalue weighted by molar-refractivity contribution is 0.628. The lowest BCUT2D eigenvalue weighted by atomic mass is 10.0. The second-order valence-electron chi connectivity index (χ2n) is 4.79. The molecule has 0 bridgehead atoms. The first-order valence-corrected chi connectivity index (χ1v) is 7.26. The summed E-state index contributed by atoms with van der Waals surface area (Å²) in [6.45, 7) is 4.65. The van der Waals surface area contributed by atoms with Crippen LogP contribution in [0, 0.1) is 0 Å². The predicted molar refractivity (Wildman–Crippen MR) is 82.1 cm³/mol. The van der Waals surface area contributed by atoms with Gasteiger partial charge in [-0.25, -0.2) is 9.97 Å². The van der Waals surface area contributed by atoms with Crippen LogP contribution in [-0.2, 0) is 13.0 Å². The van der Waals surface area contributed by atoms with E-state index in [1.165, 1.54) is 5.56 Å². The zero-order valence-corrected chi connectivity index (χ0v) is 12.2. The van der Waals surface area contributed by atoms with E-state index in [2.05, 4.69) is 20.6 Å². The van der Waals surface area contributed by atoms with Crippen molar-refractivity contribution < 1.29 is 0 Å². The Bertz CT molecular complexity index is 610. The van der Waals surface area contributed by atoms with E-state index in [1.54, 1.807) is 0 Å². The fourth-order valence-electron chi connectivity index (χ4n) is 2.43. The van der Waals surface area contributed by atoms with Gasteiger partial charge < -0.3 is 10.6 Å². The van der Waals surface area contributed by atoms with Crippen molar-refractivity contribution in [3.63, 3.8) is 0 Å². The van der Waals surface area contributed by atoms with Gasteiger partial charge in [0.25, 0.3) is 0 Å². The summed E-state index contributed by atoms with van der Waals surface area (Å²) in [4.78, 5) is 9.29. The molecular formula is C15H17ClN4. The Kier molecular flexibility index (Phi) is 3.85. The third-order valence-corrected chi connectivity index (χ3v) is 3.64. The second kappa shape index (κ2) is 5.77. The molecule has 2 heterocycles. The molecule has 3 rings (SSSR count). The van der Waals surface area contributed by atoms with Crippen molar-refractivity contribution in [3.05, 3.63) is 40.5 Å². The minimum absolute atomic E-state index is 0.707. The monoisotopic (exact) mass is 288 g/mol. The number of halogens is 1. The van der Waals surface area contributed by atoms with Crippen LogP contribution in [0.2, 0.25) is 5.02 Å². The van der Waals surface area contributed by atoms with Gasteiger partial charge in [0.1, 0.15) is 0 Å². The average molecular weight is 289 g/mol. The van der Waals surface area contributed by atoms with Gasteiger partial charge >= 0.3 is 0 Å². The van der Waals surface area contributed by atoms with Gasteiger partial charge in [-0.2, -0.15) is 0 Å². The van der Waals surface area contributed by atoms with Crippen LogP contribution in [0.1, 0.15) is 18.2 Å². The quantitative estimate of drug-likeness (QED) is 0.912. The van der Waals surface area contributed by atoms with E-state index >= 15 is 0 Å². The highest BCUT2D eigenvalue weighted by Gasteiger charge is 2.18. The lowest BCUT2D eigenvalue weighted by Crippen LogP contribution is -2.26. The van der Waals surface area contributed by atoms with Gasteiger partial charge in [0, 0.05) is 42.2 Å². The van der Waals surface area contributed by atoms with E-state index in [9.17, 15) is 0 Å². The van der Waals surface area contributed by atoms with E-state index in [4.69, 9.17) is 11.6 Å². The summed E-state index contributed by atoms with van der Waals surface area (Å²) in [5.74, 6) is 0.707. The minimum atomic E-state index is 0.707. The summed E-state index contributed by atoms with van der Waals surface area (Å²) in [5, 5.41) is 7.34. The van der Waals surface area contributed by atoms with Gasteiger partial charge in [-0.15, -0.1) is 0 Å². The highest BCUT2D eigenvalue weighted by Crippen LogP contribution is 2.27. The van der Waals surface area contributed by atoms with Crippen LogP contribution in [0.25, 0.3) is 11.3 Å². The van der Waals surface area contributed by atoms with Crippen LogP contribution >= 0.6 is 11.6 Å². The van der Waals surface area contributed by atoms with Crippen LogP contribution in [0.4, 0.5) is 5.95 Å². The molecule has 4 nitrogen and oxygen atoms in total. The van der Waals surface area contributed by atoms with Gasteiger partial charge in [-0.3, -0.25) is 0 Å². The maximum Gasteiger partial charge on any atom is 0.223 e. The fourth-order valence-corrected chi connectivity index (χ4v) is 2.55. The Morgan fingerprint density at radius 2 is 2.05 bits per heavy atom. The van der Waals surface area contributed by atoms with Gasteiger partial charge in [0.05, 0.1) is 11.4 Å². The minimum Gasteiger partial charge on any atom is -0.354 e. The molecule has 104 valence electrons. The van der Waals surface area contributed by atoms with Crippen molar-refractivity contribution in [1.82, 2.24) is 15.3 Å². The molecule has 0 amide bonds. The topological polar surface area (TPSA) is 49.8 Å². The number of nitrogens with zero attached hydrogens (tertiary/aromatic N) is 2. The van der Waals surface area contributed by atoms with Crippen molar-refractivity contribution >= 4 is 17.5 Å². The molecule has 0 atom stereocenters. The first-order chi connectivity index (χ1) is 9.78. The lowest BCUT2D eigenvalue weighted by Gasteiger charge is -2.20. The first-order valence-electron chi connectivity index (χ1n) is 6.88. The summed E-state index contributed by atoms with van der Waals surface area (Å²) in [7, 11) is 0. The maximum atomic E-state index is 5.97. The summed E-state index contributed by atoms with van der Waals surface area (Å²) in [6, 6.07) is 7.81. The average Bonchev–Trinajstić information content (AvgIpc) is 2.48. The van der Waals surface area contributed by atoms with Crippen molar-refractivity contribution in [3.8, 4) is 11.3 Å². The van der Waals surface area contributed by atoms with Crippen molar-refractivity contribution in [2.45, 2.75) is 19.9 Å². The molecule has 1 aliphatic heterocycles. The molecule has 20 heavy (non-hydrogen) atoms. The van der Waals surface area contributed by atoms with Gasteiger partial charge in [-0.1, -0.05) is 23.7 Å². The standard InChI is InChI=1S/C15H17ClN4/c1-2-18-15-19-13-7-8-17-9-12(13)14(20-15)10-3-5-11(16)6-4-10/h3-6,17H,2,7-9H2,1H3,(H,18,19,20). The van der Waals surface area contributed by atoms with E-state index in [0.717, 1.165) is 48.0 Å². The summed E-state index contributed by atoms with van der Waals surface area (Å²) in [6.07, 6.45) is 0.941. The van der Waals surface area contributed by atoms with E-state index in [1.807, 2.05) is 31.2 Å². The molecule has 1 aromatic carbocycles. The molecule has 0 spiro atoms. The van der Waals surface area contributed by atoms with Crippen molar-refractivity contribution in [2.75, 3.05) is 18.4 Å². The number of nitrogens with one attached hydrogen (secondary N) is 2. The smallest absolute Gasteiger partial charge is 0.223 e. The number of aromatic nitrogens is 2. The first kappa shape index (κ1) is 13.3. The van der Waals surface area contributed by atoms with E-state index in [-0.39, 0.29) is 0 Å². The van der Waals surface area contributed by atoms with Crippen LogP contribution in [-0.4, -0.2) is 23.1 Å². The Hall–Kier alpha value is -1.65. The highest BCUT2D eigenvalue weighted by atomic mass is 35.5. The summed E-state index contributed by atoms with van der Waals surface area (Å²) >= 11 is 5.97. The summed E-state index contributed by atoms with van der Waals surface area (Å²) in [5.41, 5.74) is 4.41. The molecule has 0 saturated carbocycles. The number of fused-ring (bicyclic) bond motifs is 1. The normalized spacial score (nSPS) is 13.9. The molecule has 0 saturated heterocycles. The molecule has 0 fully saturated rings. The molecule has 5 heteroatoms. The van der Waals surface area contributed by atoms with Crippen molar-refractivity contribution in [2.24, 2.45) is 0 Å². The number of anilines is 1. The molecule has 2 aromatic rings. The Labute approximate surface area is 123 Å². The molecule has 2 N–H and O–H groups in total. The Balaban J connectivity index is 2.11. The molecule has 0 unspecified atom stereocenters. The Morgan fingerprint density at radius 3 is 2.80 bits per heavy atom. The second-order valence-corrected chi connectivity index (χ2v) is 5.22. The number of hydrogen-bond acceptors (Lipinski definition) is 4. The van der Waals surface area contributed by atoms with Crippen molar-refractivity contribution in [1.29, 1.82) is 0 Å². The number of benzene rings is 1. The molecule has 0 aliphatic carbocycles. The molecule has 0 radical (unpaired) electrons. The van der Waals surface area contributed by atoms with E-state index in [0.29, 0.717) is 5.95 Å². The third-order valence-electron chi connectivity index (χ3n) is 3.39. The molecule has 1 aliphatic rings. The Morgan fingerprint density at radius 1 is 1.25 bits per heavy atom. The third kappa shape index (κ3) is 2.62. The van der Waals surface area contributed by atoms with Gasteiger partial charge in [0.15, 0.2) is 0 Å². The number of rotatable bonds is 3. The zero-order chi connectivity index (χ0) is 13.9.